The van der Waals surface area contributed by atoms with Crippen LogP contribution in [0, 0.1) is 6.61 Å². The zero-order valence-corrected chi connectivity index (χ0v) is 10.5. The maximum atomic E-state index is 10.7. The van der Waals surface area contributed by atoms with E-state index in [4.69, 9.17) is 0 Å². The van der Waals surface area contributed by atoms with Crippen molar-refractivity contribution in [2.75, 3.05) is 25.3 Å². The molecule has 0 heterocycles. The molecule has 1 rings (SSSR count). The number of anilines is 1. The summed E-state index contributed by atoms with van der Waals surface area (Å²) in [6, 6.07) is 7.84. The fourth-order valence-corrected chi connectivity index (χ4v) is 1.50. The Labute approximate surface area is 97.0 Å². The lowest BCUT2D eigenvalue weighted by Crippen LogP contribution is -2.08. The predicted octanol–water partition coefficient (Wildman–Crippen LogP) is 1.43. The Balaban J connectivity index is 2.50. The number of hydrogen-bond donors (Lipinski definition) is 0. The van der Waals surface area contributed by atoms with Crippen molar-refractivity contribution in [1.29, 1.82) is 0 Å². The van der Waals surface area contributed by atoms with E-state index in [9.17, 15) is 8.42 Å². The van der Waals surface area contributed by atoms with Gasteiger partial charge in [0.05, 0.1) is 6.26 Å². The topological polar surface area (TPSA) is 46.6 Å². The zero-order valence-electron chi connectivity index (χ0n) is 9.67. The standard InChI is InChI=1S/C11H16NO3S/c1-12(2)11-6-4-10(5-7-11)8-9-15-16(3,13)14/h4-7,9H,8H2,1-3H3. The van der Waals surface area contributed by atoms with Crippen molar-refractivity contribution in [2.45, 2.75) is 6.42 Å². The zero-order chi connectivity index (χ0) is 12.2. The van der Waals surface area contributed by atoms with E-state index in [2.05, 4.69) is 4.18 Å². The Bertz CT molecular complexity index is 423. The molecule has 0 amide bonds. The van der Waals surface area contributed by atoms with Crippen LogP contribution in [0.4, 0.5) is 5.69 Å². The van der Waals surface area contributed by atoms with Crippen LogP contribution in [0.2, 0.25) is 0 Å². The van der Waals surface area contributed by atoms with E-state index in [-0.39, 0.29) is 0 Å². The fraction of sp³-hybridized carbons (Fsp3) is 0.364. The van der Waals surface area contributed by atoms with Crippen LogP contribution in [0.25, 0.3) is 0 Å². The molecule has 1 radical (unpaired) electrons. The van der Waals surface area contributed by atoms with E-state index in [1.165, 1.54) is 6.61 Å². The van der Waals surface area contributed by atoms with Crippen LogP contribution in [0.3, 0.4) is 0 Å². The second-order valence-corrected chi connectivity index (χ2v) is 5.33. The van der Waals surface area contributed by atoms with Crippen LogP contribution >= 0.6 is 0 Å². The van der Waals surface area contributed by atoms with Gasteiger partial charge in [0, 0.05) is 26.2 Å². The molecule has 0 aliphatic rings. The first-order valence-electron chi connectivity index (χ1n) is 4.85. The predicted molar refractivity (Wildman–Crippen MR) is 64.7 cm³/mol. The van der Waals surface area contributed by atoms with Gasteiger partial charge in [-0.3, -0.25) is 4.18 Å². The SMILES string of the molecule is CN(C)c1ccc(C[CH]OS(C)(=O)=O)cc1. The van der Waals surface area contributed by atoms with Crippen LogP contribution in [-0.4, -0.2) is 28.8 Å². The quantitative estimate of drug-likeness (QED) is 0.733. The third-order valence-corrected chi connectivity index (χ3v) is 2.50. The molecule has 89 valence electrons. The molecule has 0 saturated heterocycles. The first-order chi connectivity index (χ1) is 7.38. The molecule has 0 aliphatic carbocycles. The van der Waals surface area contributed by atoms with E-state index in [0.29, 0.717) is 6.42 Å². The van der Waals surface area contributed by atoms with Crippen LogP contribution < -0.4 is 4.90 Å². The van der Waals surface area contributed by atoms with Crippen LogP contribution in [0.1, 0.15) is 5.56 Å². The van der Waals surface area contributed by atoms with Crippen molar-refractivity contribution in [3.05, 3.63) is 36.4 Å². The highest BCUT2D eigenvalue weighted by Crippen LogP contribution is 2.13. The first-order valence-corrected chi connectivity index (χ1v) is 6.66. The van der Waals surface area contributed by atoms with Gasteiger partial charge in [0.1, 0.15) is 6.61 Å². The van der Waals surface area contributed by atoms with Gasteiger partial charge < -0.3 is 4.90 Å². The summed E-state index contributed by atoms with van der Waals surface area (Å²) in [4.78, 5) is 2.00. The van der Waals surface area contributed by atoms with E-state index < -0.39 is 10.1 Å². The molecular weight excluding hydrogens is 226 g/mol. The van der Waals surface area contributed by atoms with Gasteiger partial charge in [0.15, 0.2) is 0 Å². The van der Waals surface area contributed by atoms with Gasteiger partial charge in [-0.2, -0.15) is 8.42 Å². The number of nitrogens with zero attached hydrogens (tertiary/aromatic N) is 1. The van der Waals surface area contributed by atoms with Crippen molar-refractivity contribution < 1.29 is 12.6 Å². The van der Waals surface area contributed by atoms with E-state index in [1.54, 1.807) is 0 Å². The molecule has 0 spiro atoms. The molecule has 5 heteroatoms. The molecule has 16 heavy (non-hydrogen) atoms. The summed E-state index contributed by atoms with van der Waals surface area (Å²) in [5.74, 6) is 0. The maximum absolute atomic E-state index is 10.7. The third kappa shape index (κ3) is 4.63. The minimum atomic E-state index is -3.38. The lowest BCUT2D eigenvalue weighted by atomic mass is 10.1. The fourth-order valence-electron chi connectivity index (χ4n) is 1.18. The molecule has 0 fully saturated rings. The average molecular weight is 242 g/mol. The molecule has 1 aromatic carbocycles. The van der Waals surface area contributed by atoms with Gasteiger partial charge in [-0.15, -0.1) is 0 Å². The second kappa shape index (κ2) is 5.32. The molecule has 0 saturated carbocycles. The number of hydrogen-bond acceptors (Lipinski definition) is 4. The van der Waals surface area contributed by atoms with Crippen LogP contribution in [0.5, 0.6) is 0 Å². The Morgan fingerprint density at radius 3 is 2.25 bits per heavy atom. The smallest absolute Gasteiger partial charge is 0.264 e. The Morgan fingerprint density at radius 1 is 1.25 bits per heavy atom. The van der Waals surface area contributed by atoms with Gasteiger partial charge in [-0.05, 0) is 17.7 Å². The van der Waals surface area contributed by atoms with Gasteiger partial charge in [0.25, 0.3) is 10.1 Å². The monoisotopic (exact) mass is 242 g/mol. The minimum Gasteiger partial charge on any atom is -0.378 e. The second-order valence-electron chi connectivity index (χ2n) is 3.73. The summed E-state index contributed by atoms with van der Waals surface area (Å²) >= 11 is 0. The third-order valence-electron chi connectivity index (χ3n) is 2.01. The Morgan fingerprint density at radius 2 is 1.81 bits per heavy atom. The number of rotatable bonds is 5. The van der Waals surface area contributed by atoms with E-state index in [0.717, 1.165) is 17.5 Å². The molecule has 0 aromatic heterocycles. The van der Waals surface area contributed by atoms with Crippen molar-refractivity contribution in [3.8, 4) is 0 Å². The van der Waals surface area contributed by atoms with Crippen LogP contribution in [-0.2, 0) is 20.7 Å². The van der Waals surface area contributed by atoms with Gasteiger partial charge in [-0.25, -0.2) is 0 Å². The highest BCUT2D eigenvalue weighted by atomic mass is 32.2. The number of benzene rings is 1. The summed E-state index contributed by atoms with van der Waals surface area (Å²) < 4.78 is 26.0. The molecular formula is C11H16NO3S. The Hall–Kier alpha value is -1.07. The van der Waals surface area contributed by atoms with Crippen molar-refractivity contribution in [3.63, 3.8) is 0 Å². The van der Waals surface area contributed by atoms with E-state index >= 15 is 0 Å². The van der Waals surface area contributed by atoms with Gasteiger partial charge in [0.2, 0.25) is 0 Å². The van der Waals surface area contributed by atoms with Crippen molar-refractivity contribution in [1.82, 2.24) is 0 Å². The molecule has 0 N–H and O–H groups in total. The lowest BCUT2D eigenvalue weighted by molar-refractivity contribution is 0.393. The van der Waals surface area contributed by atoms with Gasteiger partial charge in [-0.1, -0.05) is 12.1 Å². The summed E-state index contributed by atoms with van der Waals surface area (Å²) in [6.07, 6.45) is 1.50. The lowest BCUT2D eigenvalue weighted by Gasteiger charge is -2.12. The Kier molecular flexibility index (Phi) is 4.32. The van der Waals surface area contributed by atoms with Gasteiger partial charge >= 0.3 is 0 Å². The normalized spacial score (nSPS) is 11.4. The van der Waals surface area contributed by atoms with Crippen molar-refractivity contribution >= 4 is 15.8 Å². The largest absolute Gasteiger partial charge is 0.378 e. The highest BCUT2D eigenvalue weighted by molar-refractivity contribution is 7.86. The highest BCUT2D eigenvalue weighted by Gasteiger charge is 2.02. The van der Waals surface area contributed by atoms with E-state index in [1.807, 2.05) is 43.3 Å². The molecule has 1 aromatic rings. The first kappa shape index (κ1) is 13.0. The minimum absolute atomic E-state index is 0.473. The maximum Gasteiger partial charge on any atom is 0.264 e. The summed E-state index contributed by atoms with van der Waals surface area (Å²) in [5.41, 5.74) is 2.11. The molecule has 0 atom stereocenters. The van der Waals surface area contributed by atoms with Crippen molar-refractivity contribution in [2.24, 2.45) is 0 Å². The average Bonchev–Trinajstić information content (AvgIpc) is 2.16. The molecule has 4 nitrogen and oxygen atoms in total. The summed E-state index contributed by atoms with van der Waals surface area (Å²) in [7, 11) is 0.553. The van der Waals surface area contributed by atoms with Crippen LogP contribution in [0.15, 0.2) is 24.3 Å². The summed E-state index contributed by atoms with van der Waals surface area (Å²) in [5, 5.41) is 0. The molecule has 0 bridgehead atoms. The summed E-state index contributed by atoms with van der Waals surface area (Å²) in [6.45, 7) is 1.29. The molecule has 0 aliphatic heterocycles. The molecule has 0 unspecified atom stereocenters.